The molecule has 1 saturated heterocycles. The maximum Gasteiger partial charge on any atom is 0.113 e. The van der Waals surface area contributed by atoms with Gasteiger partial charge in [0.05, 0.1) is 12.3 Å². The summed E-state index contributed by atoms with van der Waals surface area (Å²) >= 11 is 0. The summed E-state index contributed by atoms with van der Waals surface area (Å²) < 4.78 is 5.65. The van der Waals surface area contributed by atoms with E-state index in [0.29, 0.717) is 12.0 Å². The fourth-order valence-corrected chi connectivity index (χ4v) is 3.55. The molecule has 156 valence electrons. The lowest BCUT2D eigenvalue weighted by Gasteiger charge is -2.40. The van der Waals surface area contributed by atoms with Crippen LogP contribution < -0.4 is 0 Å². The minimum atomic E-state index is -1.39. The number of hydrogen-bond acceptors (Lipinski definition) is 7. The van der Waals surface area contributed by atoms with Gasteiger partial charge in [0.2, 0.25) is 0 Å². The Morgan fingerprint density at radius 1 is 1.00 bits per heavy atom. The van der Waals surface area contributed by atoms with E-state index in [0.717, 1.165) is 22.4 Å². The van der Waals surface area contributed by atoms with Gasteiger partial charge in [-0.1, -0.05) is 53.7 Å². The van der Waals surface area contributed by atoms with Crippen LogP contribution in [0.15, 0.2) is 53.7 Å². The summed E-state index contributed by atoms with van der Waals surface area (Å²) in [7, 11) is 1.51. The third-order valence-corrected chi connectivity index (χ3v) is 5.18. The van der Waals surface area contributed by atoms with Crippen molar-refractivity contribution < 1.29 is 30.0 Å². The molecule has 0 aromatic heterocycles. The van der Waals surface area contributed by atoms with Crippen molar-refractivity contribution in [3.05, 3.63) is 70.8 Å². The fourth-order valence-electron chi connectivity index (χ4n) is 3.55. The number of rotatable bonds is 6. The molecule has 7 heteroatoms. The van der Waals surface area contributed by atoms with Crippen molar-refractivity contribution in [3.63, 3.8) is 0 Å². The topological polar surface area (TPSA) is 112 Å². The minimum Gasteiger partial charge on any atom is -0.399 e. The number of hydrogen-bond donors (Lipinski definition) is 4. The molecule has 2 aromatic carbocycles. The highest BCUT2D eigenvalue weighted by Gasteiger charge is 2.43. The number of nitrogens with zero attached hydrogens (tertiary/aromatic N) is 1. The van der Waals surface area contributed by atoms with Crippen molar-refractivity contribution in [1.82, 2.24) is 0 Å². The number of oxime groups is 1. The zero-order valence-electron chi connectivity index (χ0n) is 16.5. The summed E-state index contributed by atoms with van der Waals surface area (Å²) in [5.41, 5.74) is 4.56. The van der Waals surface area contributed by atoms with Crippen LogP contribution in [0.4, 0.5) is 0 Å². The van der Waals surface area contributed by atoms with Gasteiger partial charge in [-0.05, 0) is 35.6 Å². The van der Waals surface area contributed by atoms with Crippen LogP contribution >= 0.6 is 0 Å². The molecule has 0 bridgehead atoms. The zero-order valence-corrected chi connectivity index (χ0v) is 16.5. The number of aliphatic hydroxyl groups excluding tert-OH is 4. The molecule has 1 fully saturated rings. The van der Waals surface area contributed by atoms with Gasteiger partial charge in [0.25, 0.3) is 0 Å². The molecule has 1 heterocycles. The van der Waals surface area contributed by atoms with E-state index in [2.05, 4.69) is 5.16 Å². The van der Waals surface area contributed by atoms with E-state index in [9.17, 15) is 20.4 Å². The predicted octanol–water partition coefficient (Wildman–Crippen LogP) is 1.16. The van der Waals surface area contributed by atoms with Crippen LogP contribution in [0.3, 0.4) is 0 Å². The maximum atomic E-state index is 10.3. The monoisotopic (exact) mass is 401 g/mol. The molecule has 3 rings (SSSR count). The highest BCUT2D eigenvalue weighted by molar-refractivity contribution is 5.98. The Kier molecular flexibility index (Phi) is 7.00. The number of benzene rings is 2. The first-order valence-electron chi connectivity index (χ1n) is 9.51. The van der Waals surface area contributed by atoms with Crippen LogP contribution in [0, 0.1) is 0 Å². The third-order valence-electron chi connectivity index (χ3n) is 5.18. The minimum absolute atomic E-state index is 0.445. The lowest BCUT2D eigenvalue weighted by atomic mass is 9.90. The Morgan fingerprint density at radius 2 is 1.72 bits per heavy atom. The van der Waals surface area contributed by atoms with Gasteiger partial charge >= 0.3 is 0 Å². The average Bonchev–Trinajstić information content (AvgIpc) is 2.73. The van der Waals surface area contributed by atoms with E-state index in [1.165, 1.54) is 7.11 Å². The zero-order chi connectivity index (χ0) is 21.0. The standard InChI is InChI=1S/C22H27NO6/c1-13(23-28-2)16-8-6-14(7-9-16)10-15-4-3-5-17(11-15)22-21(27)20(26)19(25)18(12-24)29-22/h3-9,11,18-22,24-27H,10,12H2,1-2H3/b23-13+/t18?,19-,20?,21-,22+/m1/s1. The van der Waals surface area contributed by atoms with Gasteiger partial charge < -0.3 is 30.0 Å². The molecule has 0 aliphatic carbocycles. The van der Waals surface area contributed by atoms with Gasteiger partial charge in [-0.2, -0.15) is 0 Å². The Bertz CT molecular complexity index is 835. The van der Waals surface area contributed by atoms with Crippen molar-refractivity contribution in [1.29, 1.82) is 0 Å². The summed E-state index contributed by atoms with van der Waals surface area (Å²) in [6.45, 7) is 1.43. The summed E-state index contributed by atoms with van der Waals surface area (Å²) in [5.74, 6) is 0. The highest BCUT2D eigenvalue weighted by atomic mass is 16.6. The van der Waals surface area contributed by atoms with Crippen molar-refractivity contribution in [2.45, 2.75) is 43.9 Å². The molecule has 0 saturated carbocycles. The smallest absolute Gasteiger partial charge is 0.113 e. The Morgan fingerprint density at radius 3 is 2.38 bits per heavy atom. The van der Waals surface area contributed by atoms with Gasteiger partial charge in [0.15, 0.2) is 0 Å². The Labute approximate surface area is 169 Å². The van der Waals surface area contributed by atoms with Crippen LogP contribution in [0.5, 0.6) is 0 Å². The highest BCUT2D eigenvalue weighted by Crippen LogP contribution is 2.32. The maximum absolute atomic E-state index is 10.3. The molecule has 2 aromatic rings. The molecule has 7 nitrogen and oxygen atoms in total. The predicted molar refractivity (Wildman–Crippen MR) is 108 cm³/mol. The Hall–Kier alpha value is -2.29. The van der Waals surface area contributed by atoms with E-state index in [1.807, 2.05) is 49.4 Å². The van der Waals surface area contributed by atoms with Gasteiger partial charge in [-0.3, -0.25) is 0 Å². The van der Waals surface area contributed by atoms with Gasteiger partial charge in [-0.15, -0.1) is 0 Å². The van der Waals surface area contributed by atoms with Crippen LogP contribution in [0.25, 0.3) is 0 Å². The number of ether oxygens (including phenoxy) is 1. The van der Waals surface area contributed by atoms with Gasteiger partial charge in [0.1, 0.15) is 37.6 Å². The first-order chi connectivity index (χ1) is 13.9. The molecule has 0 amide bonds. The van der Waals surface area contributed by atoms with Gasteiger partial charge in [0, 0.05) is 0 Å². The quantitative estimate of drug-likeness (QED) is 0.427. The van der Waals surface area contributed by atoms with Crippen molar-refractivity contribution in [3.8, 4) is 0 Å². The largest absolute Gasteiger partial charge is 0.399 e. The summed E-state index contributed by atoms with van der Waals surface area (Å²) in [5, 5.41) is 43.6. The normalized spacial score (nSPS) is 27.7. The fraction of sp³-hybridized carbons (Fsp3) is 0.409. The molecule has 0 spiro atoms. The SMILES string of the molecule is CO/N=C(\C)c1ccc(Cc2cccc([C@@H]3OC(CO)[C@@H](O)C(O)[C@H]3O)c2)cc1. The van der Waals surface area contributed by atoms with Crippen molar-refractivity contribution in [2.24, 2.45) is 5.16 Å². The molecule has 2 unspecified atom stereocenters. The second-order valence-corrected chi connectivity index (χ2v) is 7.23. The summed E-state index contributed by atoms with van der Waals surface area (Å²) in [4.78, 5) is 4.80. The first kappa shape index (κ1) is 21.4. The second kappa shape index (κ2) is 9.47. The molecular weight excluding hydrogens is 374 g/mol. The van der Waals surface area contributed by atoms with E-state index >= 15 is 0 Å². The lowest BCUT2D eigenvalue weighted by Crippen LogP contribution is -2.55. The van der Waals surface area contributed by atoms with Crippen LogP contribution in [-0.2, 0) is 16.0 Å². The van der Waals surface area contributed by atoms with E-state index in [-0.39, 0.29) is 0 Å². The van der Waals surface area contributed by atoms with Crippen LogP contribution in [-0.4, -0.2) is 64.3 Å². The van der Waals surface area contributed by atoms with E-state index in [4.69, 9.17) is 9.57 Å². The molecule has 0 radical (unpaired) electrons. The van der Waals surface area contributed by atoms with Crippen molar-refractivity contribution in [2.75, 3.05) is 13.7 Å². The lowest BCUT2D eigenvalue weighted by molar-refractivity contribution is -0.231. The van der Waals surface area contributed by atoms with Gasteiger partial charge in [-0.25, -0.2) is 0 Å². The van der Waals surface area contributed by atoms with E-state index < -0.39 is 37.1 Å². The average molecular weight is 401 g/mol. The molecular formula is C22H27NO6. The second-order valence-electron chi connectivity index (χ2n) is 7.23. The number of aliphatic hydroxyl groups is 4. The van der Waals surface area contributed by atoms with E-state index in [1.54, 1.807) is 6.07 Å². The molecule has 4 N–H and O–H groups in total. The summed E-state index contributed by atoms with van der Waals surface area (Å²) in [6.07, 6.45) is -5.12. The molecule has 5 atom stereocenters. The molecule has 1 aliphatic heterocycles. The third kappa shape index (κ3) is 4.83. The molecule has 29 heavy (non-hydrogen) atoms. The van der Waals surface area contributed by atoms with Crippen LogP contribution in [0.2, 0.25) is 0 Å². The first-order valence-corrected chi connectivity index (χ1v) is 9.51. The Balaban J connectivity index is 1.77. The van der Waals surface area contributed by atoms with Crippen LogP contribution in [0.1, 0.15) is 35.3 Å². The summed E-state index contributed by atoms with van der Waals surface area (Å²) in [6, 6.07) is 15.5. The molecule has 1 aliphatic rings. The van der Waals surface area contributed by atoms with Crippen molar-refractivity contribution >= 4 is 5.71 Å².